The lowest BCUT2D eigenvalue weighted by atomic mass is 10.1. The third-order valence-electron chi connectivity index (χ3n) is 3.47. The summed E-state index contributed by atoms with van der Waals surface area (Å²) in [4.78, 5) is 14.2. The highest BCUT2D eigenvalue weighted by molar-refractivity contribution is 5.95. The SMILES string of the molecule is CCOCCN(C)C(C)C(=O)Nc1cccc(N)c1C. The minimum atomic E-state index is -0.226. The normalized spacial score (nSPS) is 12.4. The van der Waals surface area contributed by atoms with E-state index in [1.54, 1.807) is 0 Å². The van der Waals surface area contributed by atoms with Crippen molar-refractivity contribution < 1.29 is 9.53 Å². The Morgan fingerprint density at radius 3 is 2.85 bits per heavy atom. The van der Waals surface area contributed by atoms with Crippen LogP contribution < -0.4 is 11.1 Å². The first-order valence-corrected chi connectivity index (χ1v) is 6.91. The molecular formula is C15H25N3O2. The second-order valence-electron chi connectivity index (χ2n) is 4.86. The van der Waals surface area contributed by atoms with Crippen molar-refractivity contribution in [1.29, 1.82) is 0 Å². The molecule has 0 aromatic heterocycles. The van der Waals surface area contributed by atoms with Crippen LogP contribution in [0.2, 0.25) is 0 Å². The van der Waals surface area contributed by atoms with Crippen molar-refractivity contribution in [2.24, 2.45) is 0 Å². The number of rotatable bonds is 7. The third kappa shape index (κ3) is 4.51. The van der Waals surface area contributed by atoms with Crippen molar-refractivity contribution in [2.75, 3.05) is 37.9 Å². The van der Waals surface area contributed by atoms with Crippen LogP contribution in [0.3, 0.4) is 0 Å². The Morgan fingerprint density at radius 2 is 2.20 bits per heavy atom. The molecule has 1 unspecified atom stereocenters. The fourth-order valence-corrected chi connectivity index (χ4v) is 1.77. The number of likely N-dealkylation sites (N-methyl/N-ethyl adjacent to an activating group) is 1. The average molecular weight is 279 g/mol. The number of benzene rings is 1. The average Bonchev–Trinajstić information content (AvgIpc) is 2.43. The van der Waals surface area contributed by atoms with Gasteiger partial charge in [0.15, 0.2) is 0 Å². The maximum absolute atomic E-state index is 12.2. The molecule has 5 nitrogen and oxygen atoms in total. The number of anilines is 2. The topological polar surface area (TPSA) is 67.6 Å². The number of amides is 1. The zero-order chi connectivity index (χ0) is 15.1. The molecule has 0 saturated heterocycles. The fraction of sp³-hybridized carbons (Fsp3) is 0.533. The lowest BCUT2D eigenvalue weighted by Gasteiger charge is -2.24. The monoisotopic (exact) mass is 279 g/mol. The molecule has 0 saturated carbocycles. The summed E-state index contributed by atoms with van der Waals surface area (Å²) in [5.41, 5.74) is 8.17. The van der Waals surface area contributed by atoms with Gasteiger partial charge in [0.2, 0.25) is 5.91 Å². The molecule has 0 fully saturated rings. The van der Waals surface area contributed by atoms with Gasteiger partial charge in [-0.2, -0.15) is 0 Å². The number of nitrogens with zero attached hydrogens (tertiary/aromatic N) is 1. The zero-order valence-corrected chi connectivity index (χ0v) is 12.8. The van der Waals surface area contributed by atoms with Crippen LogP contribution in [0.4, 0.5) is 11.4 Å². The van der Waals surface area contributed by atoms with Crippen molar-refractivity contribution in [3.63, 3.8) is 0 Å². The van der Waals surface area contributed by atoms with Crippen molar-refractivity contribution in [1.82, 2.24) is 4.90 Å². The Labute approximate surface area is 121 Å². The van der Waals surface area contributed by atoms with E-state index in [0.29, 0.717) is 18.9 Å². The highest BCUT2D eigenvalue weighted by Crippen LogP contribution is 2.20. The molecule has 5 heteroatoms. The van der Waals surface area contributed by atoms with Crippen LogP contribution in [-0.2, 0) is 9.53 Å². The number of nitrogens with two attached hydrogens (primary N) is 1. The number of nitrogen functional groups attached to an aromatic ring is 1. The lowest BCUT2D eigenvalue weighted by molar-refractivity contribution is -0.120. The molecule has 0 aliphatic heterocycles. The van der Waals surface area contributed by atoms with E-state index < -0.39 is 0 Å². The number of carbonyl (C=O) groups excluding carboxylic acids is 1. The summed E-state index contributed by atoms with van der Waals surface area (Å²) in [5.74, 6) is -0.0438. The number of nitrogens with one attached hydrogen (secondary N) is 1. The Kier molecular flexibility index (Phi) is 6.48. The molecule has 1 atom stereocenters. The van der Waals surface area contributed by atoms with Crippen LogP contribution in [0, 0.1) is 6.92 Å². The summed E-state index contributed by atoms with van der Waals surface area (Å²) >= 11 is 0. The van der Waals surface area contributed by atoms with E-state index in [0.717, 1.165) is 17.8 Å². The molecule has 1 aromatic rings. The largest absolute Gasteiger partial charge is 0.398 e. The first-order chi connectivity index (χ1) is 9.47. The van der Waals surface area contributed by atoms with Crippen molar-refractivity contribution in [3.8, 4) is 0 Å². The van der Waals surface area contributed by atoms with E-state index in [1.165, 1.54) is 0 Å². The molecule has 3 N–H and O–H groups in total. The van der Waals surface area contributed by atoms with E-state index in [1.807, 2.05) is 50.9 Å². The maximum atomic E-state index is 12.2. The van der Waals surface area contributed by atoms with Crippen molar-refractivity contribution in [2.45, 2.75) is 26.8 Å². The second kappa shape index (κ2) is 7.87. The molecule has 112 valence electrons. The molecule has 0 heterocycles. The van der Waals surface area contributed by atoms with E-state index >= 15 is 0 Å². The van der Waals surface area contributed by atoms with Crippen molar-refractivity contribution in [3.05, 3.63) is 23.8 Å². The summed E-state index contributed by atoms with van der Waals surface area (Å²) in [6.07, 6.45) is 0. The summed E-state index contributed by atoms with van der Waals surface area (Å²) in [5, 5.41) is 2.92. The molecule has 0 aliphatic rings. The van der Waals surface area contributed by atoms with Gasteiger partial charge in [0.1, 0.15) is 0 Å². The maximum Gasteiger partial charge on any atom is 0.241 e. The minimum Gasteiger partial charge on any atom is -0.398 e. The molecule has 1 aromatic carbocycles. The smallest absolute Gasteiger partial charge is 0.241 e. The van der Waals surface area contributed by atoms with Crippen LogP contribution in [0.15, 0.2) is 18.2 Å². The molecule has 0 radical (unpaired) electrons. The van der Waals surface area contributed by atoms with Gasteiger partial charge in [0.05, 0.1) is 12.6 Å². The number of hydrogen-bond donors (Lipinski definition) is 2. The standard InChI is InChI=1S/C15H25N3O2/c1-5-20-10-9-18(4)12(3)15(19)17-14-8-6-7-13(16)11(14)2/h6-8,12H,5,9-10,16H2,1-4H3,(H,17,19). The summed E-state index contributed by atoms with van der Waals surface area (Å²) < 4.78 is 5.30. The van der Waals surface area contributed by atoms with Gasteiger partial charge in [-0.3, -0.25) is 9.69 Å². The molecule has 0 spiro atoms. The molecule has 1 amide bonds. The van der Waals surface area contributed by atoms with Gasteiger partial charge in [0, 0.05) is 24.5 Å². The summed E-state index contributed by atoms with van der Waals surface area (Å²) in [6, 6.07) is 5.29. The van der Waals surface area contributed by atoms with Gasteiger partial charge in [0.25, 0.3) is 0 Å². The minimum absolute atomic E-state index is 0.0438. The lowest BCUT2D eigenvalue weighted by Crippen LogP contribution is -2.41. The third-order valence-corrected chi connectivity index (χ3v) is 3.47. The number of ether oxygens (including phenoxy) is 1. The van der Waals surface area contributed by atoms with Gasteiger partial charge in [-0.05, 0) is 45.5 Å². The Hall–Kier alpha value is -1.59. The van der Waals surface area contributed by atoms with Gasteiger partial charge < -0.3 is 15.8 Å². The van der Waals surface area contributed by atoms with E-state index in [4.69, 9.17) is 10.5 Å². The van der Waals surface area contributed by atoms with E-state index in [-0.39, 0.29) is 11.9 Å². The van der Waals surface area contributed by atoms with Gasteiger partial charge in [-0.25, -0.2) is 0 Å². The van der Waals surface area contributed by atoms with Crippen LogP contribution >= 0.6 is 0 Å². The molecule has 1 rings (SSSR count). The predicted octanol–water partition coefficient (Wildman–Crippen LogP) is 1.87. The molecular weight excluding hydrogens is 254 g/mol. The Morgan fingerprint density at radius 1 is 1.50 bits per heavy atom. The first-order valence-electron chi connectivity index (χ1n) is 6.91. The van der Waals surface area contributed by atoms with Crippen LogP contribution in [-0.4, -0.2) is 43.7 Å². The highest BCUT2D eigenvalue weighted by Gasteiger charge is 2.18. The second-order valence-corrected chi connectivity index (χ2v) is 4.86. The predicted molar refractivity (Wildman–Crippen MR) is 82.8 cm³/mol. The highest BCUT2D eigenvalue weighted by atomic mass is 16.5. The van der Waals surface area contributed by atoms with Gasteiger partial charge in [-0.15, -0.1) is 0 Å². The quantitative estimate of drug-likeness (QED) is 0.590. The van der Waals surface area contributed by atoms with Gasteiger partial charge in [-0.1, -0.05) is 6.07 Å². The van der Waals surface area contributed by atoms with Crippen LogP contribution in [0.1, 0.15) is 19.4 Å². The van der Waals surface area contributed by atoms with E-state index in [9.17, 15) is 4.79 Å². The Bertz CT molecular complexity index is 449. The van der Waals surface area contributed by atoms with E-state index in [2.05, 4.69) is 5.32 Å². The zero-order valence-electron chi connectivity index (χ0n) is 12.8. The molecule has 20 heavy (non-hydrogen) atoms. The summed E-state index contributed by atoms with van der Waals surface area (Å²) in [7, 11) is 1.91. The fourth-order valence-electron chi connectivity index (χ4n) is 1.77. The first kappa shape index (κ1) is 16.5. The molecule has 0 bridgehead atoms. The van der Waals surface area contributed by atoms with Gasteiger partial charge >= 0.3 is 0 Å². The van der Waals surface area contributed by atoms with Crippen LogP contribution in [0.5, 0.6) is 0 Å². The van der Waals surface area contributed by atoms with Crippen molar-refractivity contribution >= 4 is 17.3 Å². The van der Waals surface area contributed by atoms with Crippen LogP contribution in [0.25, 0.3) is 0 Å². The number of hydrogen-bond acceptors (Lipinski definition) is 4. The molecule has 0 aliphatic carbocycles. The Balaban J connectivity index is 2.59. The summed E-state index contributed by atoms with van der Waals surface area (Å²) in [6.45, 7) is 7.77. The number of carbonyl (C=O) groups is 1.